The first kappa shape index (κ1) is 12.0. The second-order valence-electron chi connectivity index (χ2n) is 3.20. The number of rotatable bonds is 3. The molecule has 0 radical (unpaired) electrons. The first-order valence-electron chi connectivity index (χ1n) is 4.50. The van der Waals surface area contributed by atoms with E-state index in [1.807, 2.05) is 0 Å². The number of hydrogen-bond acceptors (Lipinski definition) is 3. The van der Waals surface area contributed by atoms with Crippen LogP contribution in [0.2, 0.25) is 0 Å². The van der Waals surface area contributed by atoms with Crippen molar-refractivity contribution in [2.75, 3.05) is 4.72 Å². The van der Waals surface area contributed by atoms with Gasteiger partial charge in [-0.25, -0.2) is 17.2 Å². The molecule has 0 aliphatic heterocycles. The Bertz CT molecular complexity index is 604. The number of halogens is 2. The number of nitrogens with one attached hydrogen (secondary N) is 1. The zero-order chi connectivity index (χ0) is 12.5. The van der Waals surface area contributed by atoms with Crippen molar-refractivity contribution in [2.45, 2.75) is 4.21 Å². The Kier molecular flexibility index (Phi) is 3.12. The van der Waals surface area contributed by atoms with Crippen molar-refractivity contribution in [3.8, 4) is 0 Å². The molecule has 7 heteroatoms. The van der Waals surface area contributed by atoms with Crippen LogP contribution < -0.4 is 4.72 Å². The van der Waals surface area contributed by atoms with E-state index in [0.29, 0.717) is 6.07 Å². The third-order valence-corrected chi connectivity index (χ3v) is 4.65. The molecule has 0 aliphatic rings. The highest BCUT2D eigenvalue weighted by atomic mass is 32.2. The lowest BCUT2D eigenvalue weighted by atomic mass is 10.3. The van der Waals surface area contributed by atoms with Gasteiger partial charge < -0.3 is 0 Å². The fourth-order valence-electron chi connectivity index (χ4n) is 1.23. The van der Waals surface area contributed by atoms with Crippen LogP contribution >= 0.6 is 11.3 Å². The van der Waals surface area contributed by atoms with E-state index in [1.54, 1.807) is 11.4 Å². The fraction of sp³-hybridized carbons (Fsp3) is 0. The highest BCUT2D eigenvalue weighted by Gasteiger charge is 2.15. The Morgan fingerprint density at radius 1 is 1.12 bits per heavy atom. The second kappa shape index (κ2) is 4.42. The van der Waals surface area contributed by atoms with Crippen LogP contribution in [0.15, 0.2) is 39.9 Å². The van der Waals surface area contributed by atoms with Gasteiger partial charge in [-0.1, -0.05) is 6.07 Å². The summed E-state index contributed by atoms with van der Waals surface area (Å²) in [5, 5.41) is 1.60. The highest BCUT2D eigenvalue weighted by Crippen LogP contribution is 2.21. The summed E-state index contributed by atoms with van der Waals surface area (Å²) in [6.07, 6.45) is 0. The maximum absolute atomic E-state index is 12.9. The maximum Gasteiger partial charge on any atom is 0.271 e. The smallest absolute Gasteiger partial charge is 0.271 e. The number of sulfonamides is 1. The van der Waals surface area contributed by atoms with Crippen molar-refractivity contribution in [3.63, 3.8) is 0 Å². The molecule has 0 unspecified atom stereocenters. The molecular weight excluding hydrogens is 268 g/mol. The zero-order valence-corrected chi connectivity index (χ0v) is 9.99. The molecule has 3 nitrogen and oxygen atoms in total. The predicted octanol–water partition coefficient (Wildman–Crippen LogP) is 2.83. The molecule has 0 amide bonds. The van der Waals surface area contributed by atoms with Gasteiger partial charge in [-0.2, -0.15) is 0 Å². The molecule has 0 bridgehead atoms. The van der Waals surface area contributed by atoms with Crippen LogP contribution in [0.25, 0.3) is 0 Å². The molecule has 1 aromatic carbocycles. The molecule has 17 heavy (non-hydrogen) atoms. The monoisotopic (exact) mass is 275 g/mol. The van der Waals surface area contributed by atoms with Crippen molar-refractivity contribution in [1.82, 2.24) is 0 Å². The van der Waals surface area contributed by atoms with Gasteiger partial charge in [-0.15, -0.1) is 11.3 Å². The molecule has 1 N–H and O–H groups in total. The molecule has 0 fully saturated rings. The van der Waals surface area contributed by atoms with Gasteiger partial charge >= 0.3 is 0 Å². The van der Waals surface area contributed by atoms with Gasteiger partial charge in [0.2, 0.25) is 0 Å². The van der Waals surface area contributed by atoms with Crippen LogP contribution in [0.1, 0.15) is 0 Å². The largest absolute Gasteiger partial charge is 0.279 e. The van der Waals surface area contributed by atoms with Gasteiger partial charge in [-0.05, 0) is 23.6 Å². The molecule has 2 rings (SSSR count). The molecule has 0 saturated heterocycles. The molecule has 1 aromatic heterocycles. The van der Waals surface area contributed by atoms with Crippen molar-refractivity contribution < 1.29 is 17.2 Å². The normalized spacial score (nSPS) is 11.4. The van der Waals surface area contributed by atoms with Crippen LogP contribution in [0, 0.1) is 11.6 Å². The fourth-order valence-corrected chi connectivity index (χ4v) is 3.27. The van der Waals surface area contributed by atoms with Gasteiger partial charge in [0, 0.05) is 6.07 Å². The Balaban J connectivity index is 2.33. The standard InChI is InChI=1S/C10H7F2NO2S2/c11-7-4-8(12)6-9(5-7)13-17(14,15)10-2-1-3-16-10/h1-6,13H. The van der Waals surface area contributed by atoms with E-state index < -0.39 is 21.7 Å². The van der Waals surface area contributed by atoms with E-state index in [0.717, 1.165) is 23.5 Å². The topological polar surface area (TPSA) is 46.2 Å². The summed E-state index contributed by atoms with van der Waals surface area (Å²) in [7, 11) is -3.77. The molecule has 0 saturated carbocycles. The maximum atomic E-state index is 12.9. The molecule has 0 spiro atoms. The minimum absolute atomic E-state index is 0.0853. The van der Waals surface area contributed by atoms with Gasteiger partial charge in [0.25, 0.3) is 10.0 Å². The summed E-state index contributed by atoms with van der Waals surface area (Å²) in [5.74, 6) is -1.68. The lowest BCUT2D eigenvalue weighted by molar-refractivity contribution is 0.584. The van der Waals surface area contributed by atoms with Gasteiger partial charge in [0.15, 0.2) is 0 Å². The zero-order valence-electron chi connectivity index (χ0n) is 8.35. The van der Waals surface area contributed by atoms with E-state index in [2.05, 4.69) is 4.72 Å². The van der Waals surface area contributed by atoms with E-state index in [4.69, 9.17) is 0 Å². The predicted molar refractivity (Wildman–Crippen MR) is 61.5 cm³/mol. The Hall–Kier alpha value is -1.47. The van der Waals surface area contributed by atoms with Crippen LogP contribution in [0.3, 0.4) is 0 Å². The molecule has 0 atom stereocenters. The Labute approximate surface area is 101 Å². The number of hydrogen-bond donors (Lipinski definition) is 1. The van der Waals surface area contributed by atoms with Crippen molar-refractivity contribution in [3.05, 3.63) is 47.3 Å². The lowest BCUT2D eigenvalue weighted by Crippen LogP contribution is -2.11. The first-order chi connectivity index (χ1) is 7.97. The van der Waals surface area contributed by atoms with Gasteiger partial charge in [0.05, 0.1) is 5.69 Å². The summed E-state index contributed by atoms with van der Waals surface area (Å²) in [6.45, 7) is 0. The molecule has 1 heterocycles. The summed E-state index contributed by atoms with van der Waals surface area (Å²) in [4.78, 5) is 0. The number of anilines is 1. The summed E-state index contributed by atoms with van der Waals surface area (Å²) < 4.78 is 51.4. The summed E-state index contributed by atoms with van der Waals surface area (Å²) in [6, 6.07) is 5.47. The average Bonchev–Trinajstić information content (AvgIpc) is 2.67. The van der Waals surface area contributed by atoms with Gasteiger partial charge in [0.1, 0.15) is 15.8 Å². The van der Waals surface area contributed by atoms with E-state index in [-0.39, 0.29) is 9.90 Å². The van der Waals surface area contributed by atoms with E-state index in [9.17, 15) is 17.2 Å². The first-order valence-corrected chi connectivity index (χ1v) is 6.86. The van der Waals surface area contributed by atoms with Crippen LogP contribution in [0.5, 0.6) is 0 Å². The average molecular weight is 275 g/mol. The van der Waals surface area contributed by atoms with Crippen molar-refractivity contribution >= 4 is 27.0 Å². The quantitative estimate of drug-likeness (QED) is 0.936. The minimum atomic E-state index is -3.77. The summed E-state index contributed by atoms with van der Waals surface area (Å²) in [5.41, 5.74) is -0.143. The van der Waals surface area contributed by atoms with Crippen LogP contribution in [0.4, 0.5) is 14.5 Å². The summed E-state index contributed by atoms with van der Waals surface area (Å²) >= 11 is 1.02. The second-order valence-corrected chi connectivity index (χ2v) is 6.05. The van der Waals surface area contributed by atoms with Crippen molar-refractivity contribution in [2.24, 2.45) is 0 Å². The molecule has 90 valence electrons. The molecule has 0 aliphatic carbocycles. The van der Waals surface area contributed by atoms with Crippen LogP contribution in [-0.4, -0.2) is 8.42 Å². The number of thiophene rings is 1. The Morgan fingerprint density at radius 3 is 2.29 bits per heavy atom. The van der Waals surface area contributed by atoms with Gasteiger partial charge in [-0.3, -0.25) is 4.72 Å². The van der Waals surface area contributed by atoms with E-state index in [1.165, 1.54) is 6.07 Å². The molecule has 2 aromatic rings. The minimum Gasteiger partial charge on any atom is -0.279 e. The SMILES string of the molecule is O=S(=O)(Nc1cc(F)cc(F)c1)c1cccs1. The third-order valence-electron chi connectivity index (χ3n) is 1.87. The Morgan fingerprint density at radius 2 is 1.76 bits per heavy atom. The van der Waals surface area contributed by atoms with Crippen LogP contribution in [-0.2, 0) is 10.0 Å². The number of benzene rings is 1. The third kappa shape index (κ3) is 2.80. The molecular formula is C10H7F2NO2S2. The lowest BCUT2D eigenvalue weighted by Gasteiger charge is -2.06. The van der Waals surface area contributed by atoms with Crippen molar-refractivity contribution in [1.29, 1.82) is 0 Å². The van der Waals surface area contributed by atoms with E-state index >= 15 is 0 Å². The highest BCUT2D eigenvalue weighted by molar-refractivity contribution is 7.94.